The second kappa shape index (κ2) is 6.15. The Morgan fingerprint density at radius 2 is 2.00 bits per heavy atom. The van der Waals surface area contributed by atoms with Gasteiger partial charge in [0.05, 0.1) is 21.8 Å². The van der Waals surface area contributed by atoms with Crippen LogP contribution in [0.5, 0.6) is 5.75 Å². The summed E-state index contributed by atoms with van der Waals surface area (Å²) < 4.78 is 6.49. The van der Waals surface area contributed by atoms with Crippen molar-refractivity contribution >= 4 is 33.1 Å². The van der Waals surface area contributed by atoms with Crippen LogP contribution in [-0.2, 0) is 0 Å². The van der Waals surface area contributed by atoms with Gasteiger partial charge >= 0.3 is 0 Å². The first kappa shape index (κ1) is 14.5. The Morgan fingerprint density at radius 3 is 2.73 bits per heavy atom. The molecule has 22 heavy (non-hydrogen) atoms. The molecule has 1 heterocycles. The average Bonchev–Trinajstić information content (AvgIpc) is 2.87. The van der Waals surface area contributed by atoms with Crippen molar-refractivity contribution in [2.75, 3.05) is 11.9 Å². The lowest BCUT2D eigenvalue weighted by Crippen LogP contribution is -2.11. The number of hydrogen-bond donors (Lipinski definition) is 1. The van der Waals surface area contributed by atoms with Crippen molar-refractivity contribution in [1.29, 1.82) is 0 Å². The maximum Gasteiger partial charge on any atom is 0.255 e. The molecule has 4 nitrogen and oxygen atoms in total. The minimum absolute atomic E-state index is 0.144. The number of benzene rings is 2. The number of amides is 1. The normalized spacial score (nSPS) is 10.6. The van der Waals surface area contributed by atoms with Gasteiger partial charge in [-0.2, -0.15) is 0 Å². The zero-order chi connectivity index (χ0) is 15.5. The van der Waals surface area contributed by atoms with Crippen LogP contribution in [0.4, 0.5) is 5.69 Å². The summed E-state index contributed by atoms with van der Waals surface area (Å²) >= 11 is 1.64. The highest BCUT2D eigenvalue weighted by atomic mass is 32.1. The SMILES string of the molecule is CCOc1ccc(C(=O)Nc2ccc3sc(C)nc3c2)cc1. The largest absolute Gasteiger partial charge is 0.494 e. The van der Waals surface area contributed by atoms with E-state index in [1.165, 1.54) is 0 Å². The van der Waals surface area contributed by atoms with Gasteiger partial charge in [0, 0.05) is 11.3 Å². The third-order valence-corrected chi connectivity index (χ3v) is 4.13. The number of aryl methyl sites for hydroxylation is 1. The van der Waals surface area contributed by atoms with Crippen molar-refractivity contribution in [3.05, 3.63) is 53.0 Å². The van der Waals surface area contributed by atoms with Crippen LogP contribution < -0.4 is 10.1 Å². The molecule has 0 unspecified atom stereocenters. The first-order valence-electron chi connectivity index (χ1n) is 7.07. The van der Waals surface area contributed by atoms with Crippen LogP contribution >= 0.6 is 11.3 Å². The summed E-state index contributed by atoms with van der Waals surface area (Å²) in [5.41, 5.74) is 2.25. The number of nitrogens with one attached hydrogen (secondary N) is 1. The first-order valence-corrected chi connectivity index (χ1v) is 7.89. The van der Waals surface area contributed by atoms with Crippen LogP contribution in [0, 0.1) is 6.92 Å². The number of carbonyl (C=O) groups is 1. The molecule has 112 valence electrons. The van der Waals surface area contributed by atoms with E-state index in [9.17, 15) is 4.79 Å². The number of carbonyl (C=O) groups excluding carboxylic acids is 1. The third-order valence-electron chi connectivity index (χ3n) is 3.18. The summed E-state index contributed by atoms with van der Waals surface area (Å²) in [6, 6.07) is 12.9. The molecule has 3 rings (SSSR count). The highest BCUT2D eigenvalue weighted by Crippen LogP contribution is 2.24. The lowest BCUT2D eigenvalue weighted by molar-refractivity contribution is 0.102. The first-order chi connectivity index (χ1) is 10.7. The van der Waals surface area contributed by atoms with E-state index in [1.54, 1.807) is 35.6 Å². The summed E-state index contributed by atoms with van der Waals surface area (Å²) in [5.74, 6) is 0.618. The molecule has 1 N–H and O–H groups in total. The van der Waals surface area contributed by atoms with E-state index in [-0.39, 0.29) is 5.91 Å². The third kappa shape index (κ3) is 3.09. The van der Waals surface area contributed by atoms with Crippen molar-refractivity contribution in [1.82, 2.24) is 4.98 Å². The lowest BCUT2D eigenvalue weighted by Gasteiger charge is -2.07. The molecule has 0 atom stereocenters. The number of fused-ring (bicyclic) bond motifs is 1. The summed E-state index contributed by atoms with van der Waals surface area (Å²) in [6.45, 7) is 4.51. The molecular formula is C17H16N2O2S. The topological polar surface area (TPSA) is 51.2 Å². The van der Waals surface area contributed by atoms with Gasteiger partial charge in [0.2, 0.25) is 0 Å². The quantitative estimate of drug-likeness (QED) is 0.783. The Labute approximate surface area is 132 Å². The molecule has 2 aromatic carbocycles. The molecule has 0 aliphatic rings. The molecule has 1 aromatic heterocycles. The van der Waals surface area contributed by atoms with Crippen LogP contribution in [0.3, 0.4) is 0 Å². The standard InChI is InChI=1S/C17H16N2O2S/c1-3-21-14-7-4-12(5-8-14)17(20)19-13-6-9-16-15(10-13)18-11(2)22-16/h4-10H,3H2,1-2H3,(H,19,20). The molecule has 0 saturated heterocycles. The van der Waals surface area contributed by atoms with Gasteiger partial charge < -0.3 is 10.1 Å². The summed E-state index contributed by atoms with van der Waals surface area (Å²) in [7, 11) is 0. The minimum Gasteiger partial charge on any atom is -0.494 e. The van der Waals surface area contributed by atoms with Crippen molar-refractivity contribution in [3.8, 4) is 5.75 Å². The van der Waals surface area contributed by atoms with E-state index < -0.39 is 0 Å². The Kier molecular flexibility index (Phi) is 4.06. The van der Waals surface area contributed by atoms with Gasteiger partial charge in [0.1, 0.15) is 5.75 Å². The van der Waals surface area contributed by atoms with E-state index in [2.05, 4.69) is 10.3 Å². The Balaban J connectivity index is 1.76. The predicted octanol–water partition coefficient (Wildman–Crippen LogP) is 4.26. The molecule has 1 amide bonds. The Hall–Kier alpha value is -2.40. The zero-order valence-electron chi connectivity index (χ0n) is 12.4. The van der Waals surface area contributed by atoms with E-state index in [0.717, 1.165) is 26.7 Å². The van der Waals surface area contributed by atoms with Gasteiger partial charge in [-0.05, 0) is 56.3 Å². The van der Waals surface area contributed by atoms with Gasteiger partial charge in [-0.3, -0.25) is 4.79 Å². The van der Waals surface area contributed by atoms with Gasteiger partial charge in [-0.25, -0.2) is 4.98 Å². The molecule has 0 radical (unpaired) electrons. The molecule has 0 spiro atoms. The van der Waals surface area contributed by atoms with E-state index in [4.69, 9.17) is 4.74 Å². The predicted molar refractivity (Wildman–Crippen MR) is 89.9 cm³/mol. The number of anilines is 1. The second-order valence-corrected chi connectivity index (χ2v) is 6.06. The van der Waals surface area contributed by atoms with E-state index in [1.807, 2.05) is 32.0 Å². The molecule has 3 aromatic rings. The van der Waals surface area contributed by atoms with Crippen molar-refractivity contribution in [3.63, 3.8) is 0 Å². The highest BCUT2D eigenvalue weighted by Gasteiger charge is 2.08. The van der Waals surface area contributed by atoms with Gasteiger partial charge in [-0.1, -0.05) is 0 Å². The second-order valence-electron chi connectivity index (χ2n) is 4.83. The van der Waals surface area contributed by atoms with Gasteiger partial charge in [0.15, 0.2) is 0 Å². The monoisotopic (exact) mass is 312 g/mol. The van der Waals surface area contributed by atoms with E-state index in [0.29, 0.717) is 12.2 Å². The molecular weight excluding hydrogens is 296 g/mol. The fraction of sp³-hybridized carbons (Fsp3) is 0.176. The lowest BCUT2D eigenvalue weighted by atomic mass is 10.2. The molecule has 5 heteroatoms. The van der Waals surface area contributed by atoms with Crippen molar-refractivity contribution in [2.24, 2.45) is 0 Å². The average molecular weight is 312 g/mol. The Morgan fingerprint density at radius 1 is 1.23 bits per heavy atom. The zero-order valence-corrected chi connectivity index (χ0v) is 13.2. The maximum atomic E-state index is 12.3. The van der Waals surface area contributed by atoms with Gasteiger partial charge in [-0.15, -0.1) is 11.3 Å². The molecule has 0 fully saturated rings. The maximum absolute atomic E-state index is 12.3. The number of nitrogens with zero attached hydrogens (tertiary/aromatic N) is 1. The fourth-order valence-electron chi connectivity index (χ4n) is 2.19. The van der Waals surface area contributed by atoms with Crippen molar-refractivity contribution < 1.29 is 9.53 Å². The van der Waals surface area contributed by atoms with Crippen molar-refractivity contribution in [2.45, 2.75) is 13.8 Å². The van der Waals surface area contributed by atoms with Crippen LogP contribution in [0.25, 0.3) is 10.2 Å². The fourth-order valence-corrected chi connectivity index (χ4v) is 3.00. The van der Waals surface area contributed by atoms with Crippen LogP contribution in [0.15, 0.2) is 42.5 Å². The Bertz CT molecular complexity index is 809. The number of thiazole rings is 1. The van der Waals surface area contributed by atoms with E-state index >= 15 is 0 Å². The minimum atomic E-state index is -0.144. The number of rotatable bonds is 4. The molecule has 0 aliphatic heterocycles. The number of ether oxygens (including phenoxy) is 1. The summed E-state index contributed by atoms with van der Waals surface area (Å²) in [4.78, 5) is 16.7. The molecule has 0 saturated carbocycles. The van der Waals surface area contributed by atoms with Crippen LogP contribution in [0.1, 0.15) is 22.3 Å². The summed E-state index contributed by atoms with van der Waals surface area (Å²) in [5, 5.41) is 3.91. The van der Waals surface area contributed by atoms with Crippen LogP contribution in [-0.4, -0.2) is 17.5 Å². The smallest absolute Gasteiger partial charge is 0.255 e. The van der Waals surface area contributed by atoms with Gasteiger partial charge in [0.25, 0.3) is 5.91 Å². The molecule has 0 bridgehead atoms. The highest BCUT2D eigenvalue weighted by molar-refractivity contribution is 7.18. The number of aromatic nitrogens is 1. The van der Waals surface area contributed by atoms with Crippen LogP contribution in [0.2, 0.25) is 0 Å². The summed E-state index contributed by atoms with van der Waals surface area (Å²) in [6.07, 6.45) is 0. The number of hydrogen-bond acceptors (Lipinski definition) is 4. The molecule has 0 aliphatic carbocycles.